The van der Waals surface area contributed by atoms with E-state index in [1.165, 1.54) is 22.2 Å². The lowest BCUT2D eigenvalue weighted by atomic mass is 10.1. The number of carbonyl (C=O) groups is 1. The van der Waals surface area contributed by atoms with Gasteiger partial charge in [0.1, 0.15) is 5.82 Å². The highest BCUT2D eigenvalue weighted by molar-refractivity contribution is 7.99. The summed E-state index contributed by atoms with van der Waals surface area (Å²) in [5.74, 6) is 1.38. The minimum Gasteiger partial charge on any atom is -0.348 e. The first-order valence-electron chi connectivity index (χ1n) is 10.3. The van der Waals surface area contributed by atoms with Gasteiger partial charge in [0.15, 0.2) is 10.9 Å². The fourth-order valence-corrected chi connectivity index (χ4v) is 5.23. The predicted molar refractivity (Wildman–Crippen MR) is 127 cm³/mol. The van der Waals surface area contributed by atoms with Crippen molar-refractivity contribution in [3.63, 3.8) is 0 Å². The quantitative estimate of drug-likeness (QED) is 0.263. The van der Waals surface area contributed by atoms with Gasteiger partial charge in [0.2, 0.25) is 0 Å². The van der Waals surface area contributed by atoms with E-state index in [4.69, 9.17) is 0 Å². The molecular weight excluding hydrogens is 424 g/mol. The smallest absolute Gasteiger partial charge is 0.191 e. The molecule has 0 N–H and O–H groups in total. The topological polar surface area (TPSA) is 52.7 Å². The monoisotopic (exact) mass is 450 g/mol. The fourth-order valence-electron chi connectivity index (χ4n) is 3.72. The van der Waals surface area contributed by atoms with E-state index >= 15 is 0 Å². The van der Waals surface area contributed by atoms with Crippen LogP contribution in [-0.2, 0) is 26.4 Å². The summed E-state index contributed by atoms with van der Waals surface area (Å²) < 4.78 is 4.23. The Kier molecular flexibility index (Phi) is 6.73. The van der Waals surface area contributed by atoms with E-state index in [1.54, 1.807) is 11.3 Å². The summed E-state index contributed by atoms with van der Waals surface area (Å²) >= 11 is 3.23. The minimum atomic E-state index is 0.132. The van der Waals surface area contributed by atoms with Gasteiger partial charge < -0.3 is 9.13 Å². The van der Waals surface area contributed by atoms with Crippen molar-refractivity contribution in [3.8, 4) is 0 Å². The molecule has 0 saturated carbocycles. The zero-order chi connectivity index (χ0) is 21.8. The molecule has 7 heteroatoms. The number of thiophene rings is 1. The van der Waals surface area contributed by atoms with Crippen LogP contribution in [0.3, 0.4) is 0 Å². The molecule has 3 aromatic heterocycles. The van der Waals surface area contributed by atoms with E-state index in [-0.39, 0.29) is 5.78 Å². The molecule has 0 bridgehead atoms. The molecule has 0 atom stereocenters. The first-order valence-corrected chi connectivity index (χ1v) is 12.2. The molecule has 3 heterocycles. The molecule has 0 fully saturated rings. The van der Waals surface area contributed by atoms with Crippen LogP contribution in [0.25, 0.3) is 0 Å². The highest BCUT2D eigenvalue weighted by Gasteiger charge is 2.18. The van der Waals surface area contributed by atoms with Crippen LogP contribution in [0.5, 0.6) is 0 Å². The minimum absolute atomic E-state index is 0.132. The van der Waals surface area contributed by atoms with Crippen molar-refractivity contribution in [2.45, 2.75) is 38.4 Å². The highest BCUT2D eigenvalue weighted by Crippen LogP contribution is 2.22. The second-order valence-electron chi connectivity index (χ2n) is 7.60. The van der Waals surface area contributed by atoms with Crippen LogP contribution in [0.4, 0.5) is 0 Å². The van der Waals surface area contributed by atoms with E-state index in [0.717, 1.165) is 47.3 Å². The van der Waals surface area contributed by atoms with Gasteiger partial charge in [0, 0.05) is 41.8 Å². The van der Waals surface area contributed by atoms with Gasteiger partial charge in [0.25, 0.3) is 0 Å². The van der Waals surface area contributed by atoms with Gasteiger partial charge in [-0.2, -0.15) is 0 Å². The zero-order valence-electron chi connectivity index (χ0n) is 18.0. The number of ketones is 1. The van der Waals surface area contributed by atoms with E-state index in [1.807, 2.05) is 42.8 Å². The van der Waals surface area contributed by atoms with Crippen molar-refractivity contribution in [3.05, 3.63) is 87.1 Å². The van der Waals surface area contributed by atoms with Gasteiger partial charge in [-0.25, -0.2) is 0 Å². The molecule has 0 aliphatic carbocycles. The standard InChI is InChI=1S/C24H26N4OS2/c1-17-14-21(18(2)28(17)12-11-20-10-7-13-30-20)22(29)16-31-24-26-25-23(27(24)3)15-19-8-5-4-6-9-19/h4-10,13-14H,11-12,15-16H2,1-3H3. The SMILES string of the molecule is Cc1cc(C(=O)CSc2nnc(Cc3ccccc3)n2C)c(C)n1CCc1cccs1. The van der Waals surface area contributed by atoms with Crippen molar-refractivity contribution in [1.82, 2.24) is 19.3 Å². The van der Waals surface area contributed by atoms with Gasteiger partial charge in [-0.1, -0.05) is 48.2 Å². The summed E-state index contributed by atoms with van der Waals surface area (Å²) in [6, 6.07) is 16.5. The van der Waals surface area contributed by atoms with Gasteiger partial charge in [-0.3, -0.25) is 4.79 Å². The molecule has 5 nitrogen and oxygen atoms in total. The van der Waals surface area contributed by atoms with E-state index in [2.05, 4.69) is 51.3 Å². The molecule has 0 unspecified atom stereocenters. The Morgan fingerprint density at radius 1 is 1.10 bits per heavy atom. The maximum Gasteiger partial charge on any atom is 0.191 e. The molecule has 4 aromatic rings. The molecule has 0 spiro atoms. The third kappa shape index (κ3) is 4.99. The molecule has 0 aliphatic heterocycles. The second-order valence-corrected chi connectivity index (χ2v) is 9.57. The molecule has 0 saturated heterocycles. The molecule has 0 amide bonds. The summed E-state index contributed by atoms with van der Waals surface area (Å²) in [7, 11) is 1.96. The molecule has 4 rings (SSSR count). The maximum absolute atomic E-state index is 13.0. The lowest BCUT2D eigenvalue weighted by Gasteiger charge is -2.09. The van der Waals surface area contributed by atoms with Gasteiger partial charge in [-0.15, -0.1) is 21.5 Å². The molecule has 1 aromatic carbocycles. The summed E-state index contributed by atoms with van der Waals surface area (Å²) in [6.07, 6.45) is 1.71. The molecule has 0 radical (unpaired) electrons. The van der Waals surface area contributed by atoms with Gasteiger partial charge in [0.05, 0.1) is 5.75 Å². The number of carbonyl (C=O) groups excluding carboxylic acids is 1. The summed E-state index contributed by atoms with van der Waals surface area (Å²) in [5, 5.41) is 11.5. The van der Waals surface area contributed by atoms with Crippen molar-refractivity contribution in [1.29, 1.82) is 0 Å². The van der Waals surface area contributed by atoms with Crippen molar-refractivity contribution in [2.24, 2.45) is 7.05 Å². The first-order chi connectivity index (χ1) is 15.0. The lowest BCUT2D eigenvalue weighted by molar-refractivity contribution is 0.102. The maximum atomic E-state index is 13.0. The predicted octanol–water partition coefficient (Wildman–Crippen LogP) is 5.10. The number of aryl methyl sites for hydroxylation is 2. The number of Topliss-reactive ketones (excluding diaryl/α,β-unsaturated/α-hetero) is 1. The second kappa shape index (κ2) is 9.66. The Hall–Kier alpha value is -2.64. The number of benzene rings is 1. The highest BCUT2D eigenvalue weighted by atomic mass is 32.2. The molecule has 160 valence electrons. The van der Waals surface area contributed by atoms with Crippen LogP contribution in [0.1, 0.15) is 38.0 Å². The van der Waals surface area contributed by atoms with E-state index in [0.29, 0.717) is 5.75 Å². The summed E-state index contributed by atoms with van der Waals surface area (Å²) in [5.41, 5.74) is 4.18. The number of thioether (sulfide) groups is 1. The third-order valence-electron chi connectivity index (χ3n) is 5.50. The fraction of sp³-hybridized carbons (Fsp3) is 0.292. The van der Waals surface area contributed by atoms with Crippen LogP contribution in [0.15, 0.2) is 59.1 Å². The van der Waals surface area contributed by atoms with E-state index in [9.17, 15) is 4.79 Å². The largest absolute Gasteiger partial charge is 0.348 e. The lowest BCUT2D eigenvalue weighted by Crippen LogP contribution is -2.08. The van der Waals surface area contributed by atoms with Crippen LogP contribution in [0, 0.1) is 13.8 Å². The summed E-state index contributed by atoms with van der Waals surface area (Å²) in [4.78, 5) is 14.3. The molecule has 0 aliphatic rings. The Morgan fingerprint density at radius 3 is 2.65 bits per heavy atom. The summed E-state index contributed by atoms with van der Waals surface area (Å²) in [6.45, 7) is 5.01. The Labute approximate surface area is 191 Å². The van der Waals surface area contributed by atoms with Crippen LogP contribution < -0.4 is 0 Å². The zero-order valence-corrected chi connectivity index (χ0v) is 19.7. The average molecular weight is 451 g/mol. The van der Waals surface area contributed by atoms with Gasteiger partial charge in [-0.05, 0) is 43.3 Å². The number of hydrogen-bond acceptors (Lipinski definition) is 5. The Balaban J connectivity index is 1.39. The number of nitrogens with zero attached hydrogens (tertiary/aromatic N) is 4. The Morgan fingerprint density at radius 2 is 1.90 bits per heavy atom. The number of hydrogen-bond donors (Lipinski definition) is 0. The number of rotatable bonds is 9. The van der Waals surface area contributed by atoms with Crippen LogP contribution in [0.2, 0.25) is 0 Å². The Bertz CT molecular complexity index is 1160. The molecule has 31 heavy (non-hydrogen) atoms. The van der Waals surface area contributed by atoms with Crippen LogP contribution in [-0.4, -0.2) is 30.9 Å². The first kappa shape index (κ1) is 21.6. The van der Waals surface area contributed by atoms with Crippen molar-refractivity contribution >= 4 is 28.9 Å². The average Bonchev–Trinajstić information content (AvgIpc) is 3.47. The molecular formula is C24H26N4OS2. The van der Waals surface area contributed by atoms with Crippen LogP contribution >= 0.6 is 23.1 Å². The normalized spacial score (nSPS) is 11.2. The third-order valence-corrected chi connectivity index (χ3v) is 7.45. The van der Waals surface area contributed by atoms with Crippen molar-refractivity contribution < 1.29 is 4.79 Å². The number of aromatic nitrogens is 4. The van der Waals surface area contributed by atoms with Gasteiger partial charge >= 0.3 is 0 Å². The van der Waals surface area contributed by atoms with Crippen molar-refractivity contribution in [2.75, 3.05) is 5.75 Å². The van der Waals surface area contributed by atoms with E-state index < -0.39 is 0 Å².